The lowest BCUT2D eigenvalue weighted by Gasteiger charge is -2.25. The number of urea groups is 1. The molecule has 0 saturated heterocycles. The van der Waals surface area contributed by atoms with Gasteiger partial charge in [0.15, 0.2) is 5.78 Å². The lowest BCUT2D eigenvalue weighted by atomic mass is 9.97. The molecule has 1 saturated carbocycles. The average molecular weight is 926 g/mol. The summed E-state index contributed by atoms with van der Waals surface area (Å²) in [5, 5.41) is 9.85. The number of carbonyl (C=O) groups is 6. The van der Waals surface area contributed by atoms with E-state index in [1.807, 2.05) is 20.8 Å². The molecule has 18 nitrogen and oxygen atoms in total. The average Bonchev–Trinajstić information content (AvgIpc) is 3.66. The molecule has 1 aromatic rings. The summed E-state index contributed by atoms with van der Waals surface area (Å²) in [5.74, 6) is -1.20. The molecule has 2 rings (SSSR count). The van der Waals surface area contributed by atoms with E-state index in [0.717, 1.165) is 19.3 Å². The minimum absolute atomic E-state index is 0.0132. The molecule has 19 heteroatoms. The molecule has 0 aromatic heterocycles. The van der Waals surface area contributed by atoms with Crippen LogP contribution in [-0.4, -0.2) is 115 Å². The third kappa shape index (κ3) is 23.3. The van der Waals surface area contributed by atoms with Crippen molar-refractivity contribution >= 4 is 43.1 Å². The van der Waals surface area contributed by atoms with Crippen LogP contribution in [0.15, 0.2) is 24.3 Å². The van der Waals surface area contributed by atoms with Crippen molar-refractivity contribution in [2.24, 2.45) is 17.6 Å². The number of primary amides is 1. The molecule has 2 unspecified atom stereocenters. The number of ketones is 2. The Bertz CT molecular complexity index is 1680. The monoisotopic (exact) mass is 926 g/mol. The summed E-state index contributed by atoms with van der Waals surface area (Å²) in [4.78, 5) is 86.3. The van der Waals surface area contributed by atoms with Crippen molar-refractivity contribution in [3.63, 3.8) is 0 Å². The first kappa shape index (κ1) is 56.2. The van der Waals surface area contributed by atoms with Crippen LogP contribution in [0.2, 0.25) is 0 Å². The summed E-state index contributed by atoms with van der Waals surface area (Å²) in [5.41, 5.74) is 6.30. The van der Waals surface area contributed by atoms with Gasteiger partial charge in [0, 0.05) is 38.3 Å². The van der Waals surface area contributed by atoms with Gasteiger partial charge in [0.05, 0.1) is 55.9 Å². The van der Waals surface area contributed by atoms with Crippen molar-refractivity contribution in [3.05, 3.63) is 35.4 Å². The van der Waals surface area contributed by atoms with Gasteiger partial charge in [-0.15, -0.1) is 0 Å². The highest BCUT2D eigenvalue weighted by Crippen LogP contribution is 2.54. The molecule has 64 heavy (non-hydrogen) atoms. The third-order valence-electron chi connectivity index (χ3n) is 10.4. The van der Waals surface area contributed by atoms with Crippen LogP contribution < -0.4 is 27.0 Å². The molecule has 5 atom stereocenters. The Morgan fingerprint density at radius 2 is 1.44 bits per heavy atom. The largest absolute Gasteiger partial charge is 0.445 e. The molecule has 1 aliphatic carbocycles. The highest BCUT2D eigenvalue weighted by molar-refractivity contribution is 7.54. The van der Waals surface area contributed by atoms with E-state index in [9.17, 15) is 38.2 Å². The highest BCUT2D eigenvalue weighted by atomic mass is 31.2. The fraction of sp³-hybridized carbons (Fsp3) is 0.733. The predicted octanol–water partition coefficient (Wildman–Crippen LogP) is 5.25. The smallest absolute Gasteiger partial charge is 0.407 e. The van der Waals surface area contributed by atoms with E-state index in [2.05, 4.69) is 21.3 Å². The molecule has 1 fully saturated rings. The minimum atomic E-state index is -3.74. The van der Waals surface area contributed by atoms with E-state index in [4.69, 9.17) is 29.2 Å². The Morgan fingerprint density at radius 3 is 2.06 bits per heavy atom. The first-order chi connectivity index (χ1) is 30.0. The molecule has 5 amide bonds. The maximum Gasteiger partial charge on any atom is 0.407 e. The zero-order valence-electron chi connectivity index (χ0n) is 39.3. The van der Waals surface area contributed by atoms with Gasteiger partial charge in [-0.1, -0.05) is 38.1 Å². The van der Waals surface area contributed by atoms with Crippen LogP contribution in [0, 0.1) is 11.8 Å². The molecule has 364 valence electrons. The third-order valence-corrected chi connectivity index (χ3v) is 12.6. The van der Waals surface area contributed by atoms with Crippen molar-refractivity contribution in [2.45, 2.75) is 155 Å². The van der Waals surface area contributed by atoms with Crippen molar-refractivity contribution in [1.82, 2.24) is 21.3 Å². The molecule has 0 bridgehead atoms. The van der Waals surface area contributed by atoms with E-state index < -0.39 is 42.9 Å². The van der Waals surface area contributed by atoms with Gasteiger partial charge in [-0.3, -0.25) is 23.7 Å². The Kier molecular flexibility index (Phi) is 24.7. The van der Waals surface area contributed by atoms with E-state index in [-0.39, 0.29) is 113 Å². The number of ether oxygens (including phenoxy) is 4. The van der Waals surface area contributed by atoms with Crippen LogP contribution in [0.1, 0.15) is 124 Å². The summed E-state index contributed by atoms with van der Waals surface area (Å²) in [7, 11) is -3.74. The Balaban J connectivity index is 1.79. The minimum Gasteiger partial charge on any atom is -0.445 e. The van der Waals surface area contributed by atoms with Gasteiger partial charge in [-0.25, -0.2) is 9.59 Å². The van der Waals surface area contributed by atoms with Crippen LogP contribution in [0.3, 0.4) is 0 Å². The predicted molar refractivity (Wildman–Crippen MR) is 241 cm³/mol. The standard InChI is InChI=1S/C45H76N5O13P/c1-31(2)40(50-39(53)14-10-9-13-37(51)34-19-20-35(29-34)63-44(3,4)5)41(54)49-36(12-11-21-47-42(46)55)38(52)28-32-15-17-33(18-16-32)30-61-43(56)48-22-23-59-24-25-60-26-27-62-64(57,58)45(6,7)8/h15-18,31,34-36,40H,9-14,19-30H2,1-8H3,(H,48,56)(H,49,54)(H,50,53)(H,57,58)(H3,46,47,55)/t34?,35-,36-,40-/m0/s1. The van der Waals surface area contributed by atoms with Crippen molar-refractivity contribution in [1.29, 1.82) is 0 Å². The lowest BCUT2D eigenvalue weighted by Crippen LogP contribution is -2.54. The van der Waals surface area contributed by atoms with Gasteiger partial charge in [0.2, 0.25) is 11.8 Å². The zero-order chi connectivity index (χ0) is 47.9. The fourth-order valence-corrected chi connectivity index (χ4v) is 7.45. The number of Topliss-reactive ketones (excluding diaryl/α,β-unsaturated/α-hetero) is 2. The lowest BCUT2D eigenvalue weighted by molar-refractivity contribution is -0.132. The quantitative estimate of drug-likeness (QED) is 0.0427. The Hall–Kier alpha value is -3.93. The number of benzene rings is 1. The summed E-state index contributed by atoms with van der Waals surface area (Å²) < 4.78 is 39.2. The molecule has 7 N–H and O–H groups in total. The van der Waals surface area contributed by atoms with Gasteiger partial charge in [-0.05, 0) is 104 Å². The van der Waals surface area contributed by atoms with Crippen LogP contribution in [0.5, 0.6) is 0 Å². The van der Waals surface area contributed by atoms with Crippen LogP contribution in [0.25, 0.3) is 0 Å². The normalized spacial score (nSPS) is 17.2. The number of nitrogens with two attached hydrogens (primary N) is 1. The maximum absolute atomic E-state index is 13.6. The van der Waals surface area contributed by atoms with Gasteiger partial charge in [-0.2, -0.15) is 0 Å². The summed E-state index contributed by atoms with van der Waals surface area (Å²) >= 11 is 0. The highest BCUT2D eigenvalue weighted by Gasteiger charge is 2.36. The second-order valence-electron chi connectivity index (χ2n) is 18.5. The number of carbonyl (C=O) groups excluding carboxylic acids is 6. The number of nitrogens with one attached hydrogen (secondary N) is 4. The first-order valence-corrected chi connectivity index (χ1v) is 24.0. The molecule has 1 aliphatic rings. The zero-order valence-corrected chi connectivity index (χ0v) is 40.2. The van der Waals surface area contributed by atoms with Gasteiger partial charge < -0.3 is 55.4 Å². The van der Waals surface area contributed by atoms with E-state index >= 15 is 0 Å². The molecule has 0 radical (unpaired) electrons. The van der Waals surface area contributed by atoms with E-state index in [1.54, 1.807) is 58.9 Å². The maximum atomic E-state index is 13.6. The topological polar surface area (TPSA) is 260 Å². The van der Waals surface area contributed by atoms with Gasteiger partial charge in [0.1, 0.15) is 18.4 Å². The molecular formula is C45H76N5O13P. The number of alkyl carbamates (subject to hydrolysis) is 1. The first-order valence-electron chi connectivity index (χ1n) is 22.4. The Labute approximate surface area is 379 Å². The molecule has 0 aliphatic heterocycles. The molecule has 1 aromatic carbocycles. The SMILES string of the molecule is CC(C)[C@H](NC(=O)CCCCC(=O)C1CC[C@H](OC(C)(C)C)C1)C(=O)N[C@@H](CCCNC(N)=O)C(=O)Cc1ccc(COC(=O)NCCOCCOCCOP(=O)(O)C(C)(C)C)cc1. The number of amides is 5. The molecule has 0 heterocycles. The Morgan fingerprint density at radius 1 is 0.812 bits per heavy atom. The summed E-state index contributed by atoms with van der Waals surface area (Å²) in [6.45, 7) is 15.7. The van der Waals surface area contributed by atoms with Crippen LogP contribution in [0.4, 0.5) is 9.59 Å². The number of hydrogen-bond donors (Lipinski definition) is 6. The van der Waals surface area contributed by atoms with Crippen molar-refractivity contribution in [2.75, 3.05) is 46.1 Å². The second kappa shape index (κ2) is 28.2. The van der Waals surface area contributed by atoms with Gasteiger partial charge >= 0.3 is 19.7 Å². The second-order valence-corrected chi connectivity index (χ2v) is 21.2. The summed E-state index contributed by atoms with van der Waals surface area (Å²) in [6.07, 6.45) is 4.02. The van der Waals surface area contributed by atoms with E-state index in [0.29, 0.717) is 36.8 Å². The summed E-state index contributed by atoms with van der Waals surface area (Å²) in [6, 6.07) is 4.39. The number of hydrogen-bond acceptors (Lipinski definition) is 12. The van der Waals surface area contributed by atoms with Gasteiger partial charge in [0.25, 0.3) is 0 Å². The number of rotatable bonds is 30. The van der Waals surface area contributed by atoms with Crippen LogP contribution in [-0.2, 0) is 60.2 Å². The van der Waals surface area contributed by atoms with Crippen molar-refractivity contribution < 1.29 is 61.7 Å². The van der Waals surface area contributed by atoms with E-state index in [1.165, 1.54) is 0 Å². The fourth-order valence-electron chi connectivity index (χ4n) is 6.74. The van der Waals surface area contributed by atoms with Crippen LogP contribution >= 0.6 is 7.60 Å². The van der Waals surface area contributed by atoms with Crippen molar-refractivity contribution in [3.8, 4) is 0 Å². The molecular weight excluding hydrogens is 849 g/mol. The number of unbranched alkanes of at least 4 members (excludes halogenated alkanes) is 1. The molecule has 0 spiro atoms.